The second-order valence-corrected chi connectivity index (χ2v) is 9.72. The number of benzene rings is 3. The summed E-state index contributed by atoms with van der Waals surface area (Å²) in [7, 11) is 1.46. The quantitative estimate of drug-likeness (QED) is 0.226. The fraction of sp³-hybridized carbons (Fsp3) is 0.138. The molecule has 0 aromatic heterocycles. The van der Waals surface area contributed by atoms with Crippen LogP contribution in [0.1, 0.15) is 18.4 Å². The van der Waals surface area contributed by atoms with Gasteiger partial charge in [-0.1, -0.05) is 54.2 Å². The highest BCUT2D eigenvalue weighted by molar-refractivity contribution is 8.03. The maximum absolute atomic E-state index is 15.1. The number of dihydropyridines is 1. The van der Waals surface area contributed by atoms with E-state index in [1.165, 1.54) is 43.5 Å². The van der Waals surface area contributed by atoms with Gasteiger partial charge in [-0.05, 0) is 31.2 Å². The largest absolute Gasteiger partial charge is 0.495 e. The monoisotopic (exact) mass is 573 g/mol. The van der Waals surface area contributed by atoms with Crippen LogP contribution in [0.25, 0.3) is 0 Å². The molecule has 1 atom stereocenters. The van der Waals surface area contributed by atoms with Gasteiger partial charge in [0.2, 0.25) is 5.91 Å². The third kappa shape index (κ3) is 6.37. The number of nitrogens with zero attached hydrogens (tertiary/aromatic N) is 2. The first-order valence-electron chi connectivity index (χ1n) is 12.2. The summed E-state index contributed by atoms with van der Waals surface area (Å²) in [5.41, 5.74) is 0.777. The van der Waals surface area contributed by atoms with E-state index < -0.39 is 28.5 Å². The summed E-state index contributed by atoms with van der Waals surface area (Å²) in [4.78, 5) is 37.0. The topological polar surface area (TPSA) is 146 Å². The van der Waals surface area contributed by atoms with E-state index >= 15 is 4.39 Å². The molecule has 3 N–H and O–H groups in total. The Morgan fingerprint density at radius 1 is 1.07 bits per heavy atom. The van der Waals surface area contributed by atoms with Crippen molar-refractivity contribution in [1.82, 2.24) is 5.32 Å². The Morgan fingerprint density at radius 3 is 2.41 bits per heavy atom. The van der Waals surface area contributed by atoms with Gasteiger partial charge in [0, 0.05) is 22.9 Å². The summed E-state index contributed by atoms with van der Waals surface area (Å²) in [5, 5.41) is 30.1. The first kappa shape index (κ1) is 28.8. The first-order chi connectivity index (χ1) is 19.7. The molecule has 4 rings (SSSR count). The Morgan fingerprint density at radius 2 is 1.73 bits per heavy atom. The van der Waals surface area contributed by atoms with Gasteiger partial charge in [-0.15, -0.1) is 0 Å². The Balaban J connectivity index is 1.66. The molecule has 1 heterocycles. The molecule has 0 bridgehead atoms. The zero-order valence-electron chi connectivity index (χ0n) is 21.9. The standard InChI is InChI=1S/C29H24FN5O5S/c1-17-26(28(37)34-22-12-6-8-14-24(22)40-2)27(18-9-3-4-10-20(18)30)19(15-31)29(32-17)41-16-25(36)33-21-11-5-7-13-23(21)35(38)39/h3-14,27,32H,16H2,1-2H3,(H,33,36)(H,34,37)/t27-/m1/s1. The van der Waals surface area contributed by atoms with Crippen molar-refractivity contribution >= 4 is 40.6 Å². The van der Waals surface area contributed by atoms with Crippen LogP contribution in [-0.2, 0) is 9.59 Å². The van der Waals surface area contributed by atoms with Crippen LogP contribution in [0, 0.1) is 27.3 Å². The molecule has 3 aromatic carbocycles. The predicted molar refractivity (Wildman–Crippen MR) is 153 cm³/mol. The van der Waals surface area contributed by atoms with Crippen LogP contribution in [0.4, 0.5) is 21.5 Å². The van der Waals surface area contributed by atoms with Gasteiger partial charge in [-0.25, -0.2) is 4.39 Å². The second-order valence-electron chi connectivity index (χ2n) is 8.74. The average molecular weight is 574 g/mol. The van der Waals surface area contributed by atoms with E-state index in [1.807, 2.05) is 0 Å². The Kier molecular flexibility index (Phi) is 9.01. The first-order valence-corrected chi connectivity index (χ1v) is 13.2. The number of hydrogen-bond acceptors (Lipinski definition) is 8. The number of anilines is 2. The van der Waals surface area contributed by atoms with Crippen LogP contribution in [0.15, 0.2) is 94.7 Å². The van der Waals surface area contributed by atoms with E-state index in [0.29, 0.717) is 17.1 Å². The van der Waals surface area contributed by atoms with Crippen molar-refractivity contribution in [3.8, 4) is 11.8 Å². The number of para-hydroxylation sites is 4. The number of halogens is 1. The summed E-state index contributed by atoms with van der Waals surface area (Å²) < 4.78 is 20.4. The summed E-state index contributed by atoms with van der Waals surface area (Å²) in [6.45, 7) is 1.62. The number of hydrogen-bond donors (Lipinski definition) is 3. The molecule has 0 unspecified atom stereocenters. The molecule has 208 valence electrons. The number of carbonyl (C=O) groups excluding carboxylic acids is 2. The van der Waals surface area contributed by atoms with Crippen molar-refractivity contribution < 1.29 is 23.6 Å². The Bertz CT molecular complexity index is 1630. The van der Waals surface area contributed by atoms with Crippen molar-refractivity contribution in [2.24, 2.45) is 0 Å². The number of thioether (sulfide) groups is 1. The smallest absolute Gasteiger partial charge is 0.292 e. The van der Waals surface area contributed by atoms with Gasteiger partial charge < -0.3 is 20.7 Å². The summed E-state index contributed by atoms with van der Waals surface area (Å²) in [6, 6.07) is 20.4. The lowest BCUT2D eigenvalue weighted by atomic mass is 9.82. The van der Waals surface area contributed by atoms with Crippen LogP contribution in [0.2, 0.25) is 0 Å². The highest BCUT2D eigenvalue weighted by Gasteiger charge is 2.36. The lowest BCUT2D eigenvalue weighted by molar-refractivity contribution is -0.383. The molecule has 0 spiro atoms. The fourth-order valence-electron chi connectivity index (χ4n) is 4.35. The minimum Gasteiger partial charge on any atom is -0.495 e. The Hall–Kier alpha value is -5.15. The molecule has 0 fully saturated rings. The predicted octanol–water partition coefficient (Wildman–Crippen LogP) is 5.45. The van der Waals surface area contributed by atoms with Crippen molar-refractivity contribution in [2.45, 2.75) is 12.8 Å². The van der Waals surface area contributed by atoms with E-state index in [-0.39, 0.29) is 38.9 Å². The van der Waals surface area contributed by atoms with E-state index in [0.717, 1.165) is 11.8 Å². The zero-order valence-corrected chi connectivity index (χ0v) is 22.8. The summed E-state index contributed by atoms with van der Waals surface area (Å²) in [6.07, 6.45) is 0. The van der Waals surface area contributed by atoms with Crippen molar-refractivity contribution in [2.75, 3.05) is 23.5 Å². The van der Waals surface area contributed by atoms with Crippen LogP contribution in [0.5, 0.6) is 5.75 Å². The number of nitro groups is 1. The molecule has 1 aliphatic rings. The lowest BCUT2D eigenvalue weighted by Gasteiger charge is -2.30. The van der Waals surface area contributed by atoms with Crippen LogP contribution >= 0.6 is 11.8 Å². The number of methoxy groups -OCH3 is 1. The minimum atomic E-state index is -1.09. The normalized spacial score (nSPS) is 14.5. The third-order valence-electron chi connectivity index (χ3n) is 6.19. The number of nitriles is 1. The van der Waals surface area contributed by atoms with Gasteiger partial charge in [0.1, 0.15) is 17.3 Å². The van der Waals surface area contributed by atoms with E-state index in [1.54, 1.807) is 43.3 Å². The third-order valence-corrected chi connectivity index (χ3v) is 7.20. The van der Waals surface area contributed by atoms with Gasteiger partial charge >= 0.3 is 0 Å². The maximum Gasteiger partial charge on any atom is 0.292 e. The molecule has 0 saturated carbocycles. The van der Waals surface area contributed by atoms with Crippen molar-refractivity contribution in [3.63, 3.8) is 0 Å². The number of carbonyl (C=O) groups is 2. The highest BCUT2D eigenvalue weighted by atomic mass is 32.2. The van der Waals surface area contributed by atoms with Gasteiger partial charge in [-0.2, -0.15) is 5.26 Å². The van der Waals surface area contributed by atoms with Crippen molar-refractivity contribution in [3.05, 3.63) is 116 Å². The van der Waals surface area contributed by atoms with Gasteiger partial charge in [0.15, 0.2) is 0 Å². The molecule has 12 heteroatoms. The molecule has 1 aliphatic heterocycles. The highest BCUT2D eigenvalue weighted by Crippen LogP contribution is 2.42. The van der Waals surface area contributed by atoms with Gasteiger partial charge in [0.05, 0.1) is 46.1 Å². The second kappa shape index (κ2) is 12.8. The molecule has 10 nitrogen and oxygen atoms in total. The Labute approximate surface area is 239 Å². The number of nitrogens with one attached hydrogen (secondary N) is 3. The molecule has 2 amide bonds. The van der Waals surface area contributed by atoms with Crippen LogP contribution in [-0.4, -0.2) is 29.6 Å². The molecule has 0 saturated heterocycles. The molecule has 0 radical (unpaired) electrons. The average Bonchev–Trinajstić information content (AvgIpc) is 2.96. The molecule has 3 aromatic rings. The number of allylic oxidation sites excluding steroid dienone is 2. The van der Waals surface area contributed by atoms with Crippen molar-refractivity contribution in [1.29, 1.82) is 5.26 Å². The number of amides is 2. The number of nitro benzene ring substituents is 1. The molecule has 0 aliphatic carbocycles. The van der Waals surface area contributed by atoms with E-state index in [4.69, 9.17) is 4.74 Å². The minimum absolute atomic E-state index is 0.0322. The van der Waals surface area contributed by atoms with Crippen LogP contribution in [0.3, 0.4) is 0 Å². The van der Waals surface area contributed by atoms with E-state index in [9.17, 15) is 25.0 Å². The number of ether oxygens (including phenoxy) is 1. The van der Waals surface area contributed by atoms with Crippen LogP contribution < -0.4 is 20.7 Å². The number of rotatable bonds is 9. The summed E-state index contributed by atoms with van der Waals surface area (Å²) in [5.74, 6) is -2.63. The molecular formula is C29H24FN5O5S. The molecule has 41 heavy (non-hydrogen) atoms. The van der Waals surface area contributed by atoms with E-state index in [2.05, 4.69) is 22.0 Å². The van der Waals surface area contributed by atoms with Gasteiger partial charge in [0.25, 0.3) is 11.6 Å². The zero-order chi connectivity index (χ0) is 29.5. The summed E-state index contributed by atoms with van der Waals surface area (Å²) >= 11 is 0.959. The fourth-order valence-corrected chi connectivity index (χ4v) is 5.24. The van der Waals surface area contributed by atoms with Gasteiger partial charge in [-0.3, -0.25) is 19.7 Å². The lowest BCUT2D eigenvalue weighted by Crippen LogP contribution is -2.31. The molecular weight excluding hydrogens is 549 g/mol. The maximum atomic E-state index is 15.1. The SMILES string of the molecule is COc1ccccc1NC(=O)C1=C(C)NC(SCC(=O)Nc2ccccc2[N+](=O)[O-])=C(C#N)[C@H]1c1ccccc1F.